The number of alkyl halides is 3. The van der Waals surface area contributed by atoms with E-state index in [9.17, 15) is 22.8 Å². The molecule has 1 aromatic carbocycles. The summed E-state index contributed by atoms with van der Waals surface area (Å²) in [6.45, 7) is 1.01. The van der Waals surface area contributed by atoms with E-state index >= 15 is 0 Å². The predicted molar refractivity (Wildman–Crippen MR) is 96.3 cm³/mol. The van der Waals surface area contributed by atoms with Crippen LogP contribution >= 0.6 is 0 Å². The number of hydrogen-bond acceptors (Lipinski definition) is 3. The van der Waals surface area contributed by atoms with Crippen LogP contribution < -0.4 is 5.32 Å². The highest BCUT2D eigenvalue weighted by molar-refractivity contribution is 5.92. The molecule has 2 heterocycles. The van der Waals surface area contributed by atoms with Crippen LogP contribution in [0.2, 0.25) is 0 Å². The molecular formula is C20H19F3N2O3. The van der Waals surface area contributed by atoms with Gasteiger partial charge in [0, 0.05) is 25.2 Å². The molecule has 148 valence electrons. The average Bonchev–Trinajstić information content (AvgIpc) is 3.21. The third-order valence-corrected chi connectivity index (χ3v) is 4.53. The number of hydrogen-bond donors (Lipinski definition) is 1. The number of halogens is 3. The highest BCUT2D eigenvalue weighted by Crippen LogP contribution is 2.29. The summed E-state index contributed by atoms with van der Waals surface area (Å²) in [7, 11) is 0. The number of carbonyl (C=O) groups excluding carboxylic acids is 2. The molecule has 2 amide bonds. The first-order valence-corrected chi connectivity index (χ1v) is 8.81. The van der Waals surface area contributed by atoms with Crippen LogP contribution in [0.15, 0.2) is 53.2 Å². The monoisotopic (exact) mass is 392 g/mol. The average molecular weight is 392 g/mol. The zero-order valence-electron chi connectivity index (χ0n) is 14.9. The Hall–Kier alpha value is -3.03. The lowest BCUT2D eigenvalue weighted by Gasteiger charge is -2.31. The van der Waals surface area contributed by atoms with Gasteiger partial charge >= 0.3 is 6.18 Å². The Balaban J connectivity index is 1.47. The summed E-state index contributed by atoms with van der Waals surface area (Å²) in [5.74, 6) is -0.199. The van der Waals surface area contributed by atoms with Crippen molar-refractivity contribution in [2.75, 3.05) is 13.1 Å². The fourth-order valence-electron chi connectivity index (χ4n) is 2.99. The molecule has 0 aliphatic carbocycles. The number of carbonyl (C=O) groups is 2. The van der Waals surface area contributed by atoms with Gasteiger partial charge in [-0.1, -0.05) is 12.1 Å². The van der Waals surface area contributed by atoms with Crippen molar-refractivity contribution in [1.82, 2.24) is 10.2 Å². The Labute approximate surface area is 159 Å². The number of nitrogens with zero attached hydrogens (tertiary/aromatic N) is 1. The summed E-state index contributed by atoms with van der Waals surface area (Å²) < 4.78 is 42.7. The largest absolute Gasteiger partial charge is 0.459 e. The lowest BCUT2D eigenvalue weighted by molar-refractivity contribution is -0.137. The molecule has 3 rings (SSSR count). The van der Waals surface area contributed by atoms with E-state index in [1.165, 1.54) is 30.5 Å². The molecule has 1 aromatic heterocycles. The summed E-state index contributed by atoms with van der Waals surface area (Å²) >= 11 is 0. The maximum Gasteiger partial charge on any atom is 0.416 e. The van der Waals surface area contributed by atoms with Crippen molar-refractivity contribution in [3.8, 4) is 0 Å². The van der Waals surface area contributed by atoms with E-state index in [-0.39, 0.29) is 17.9 Å². The zero-order chi connectivity index (χ0) is 20.1. The predicted octanol–water partition coefficient (Wildman–Crippen LogP) is 3.73. The van der Waals surface area contributed by atoms with Gasteiger partial charge in [0.1, 0.15) is 0 Å². The van der Waals surface area contributed by atoms with Crippen LogP contribution in [-0.2, 0) is 11.0 Å². The van der Waals surface area contributed by atoms with Gasteiger partial charge in [-0.2, -0.15) is 13.2 Å². The topological polar surface area (TPSA) is 62.6 Å². The van der Waals surface area contributed by atoms with Gasteiger partial charge in [-0.25, -0.2) is 0 Å². The fraction of sp³-hybridized carbons (Fsp3) is 0.300. The van der Waals surface area contributed by atoms with Crippen LogP contribution in [0, 0.1) is 0 Å². The third kappa shape index (κ3) is 5.03. The van der Waals surface area contributed by atoms with Gasteiger partial charge in [0.25, 0.3) is 5.91 Å². The van der Waals surface area contributed by atoms with Crippen molar-refractivity contribution < 1.29 is 27.2 Å². The summed E-state index contributed by atoms with van der Waals surface area (Å²) in [4.78, 5) is 25.9. The van der Waals surface area contributed by atoms with Crippen LogP contribution in [0.5, 0.6) is 0 Å². The number of likely N-dealkylation sites (tertiary alicyclic amines) is 1. The quantitative estimate of drug-likeness (QED) is 0.807. The van der Waals surface area contributed by atoms with Crippen LogP contribution in [0.1, 0.15) is 34.5 Å². The summed E-state index contributed by atoms with van der Waals surface area (Å²) in [5.41, 5.74) is -0.230. The highest BCUT2D eigenvalue weighted by atomic mass is 19.4. The Bertz CT molecular complexity index is 835. The second-order valence-corrected chi connectivity index (χ2v) is 6.51. The number of benzene rings is 1. The molecule has 1 N–H and O–H groups in total. The molecule has 0 unspecified atom stereocenters. The van der Waals surface area contributed by atoms with Gasteiger partial charge < -0.3 is 14.6 Å². The molecule has 0 radical (unpaired) electrons. The fourth-order valence-corrected chi connectivity index (χ4v) is 2.99. The maximum absolute atomic E-state index is 12.5. The van der Waals surface area contributed by atoms with Gasteiger partial charge in [0.2, 0.25) is 5.91 Å². The van der Waals surface area contributed by atoms with E-state index in [1.807, 2.05) is 0 Å². The van der Waals surface area contributed by atoms with Gasteiger partial charge in [0.05, 0.1) is 11.8 Å². The Morgan fingerprint density at radius 2 is 1.79 bits per heavy atom. The van der Waals surface area contributed by atoms with E-state index in [0.717, 1.165) is 12.1 Å². The Morgan fingerprint density at radius 3 is 2.36 bits per heavy atom. The van der Waals surface area contributed by atoms with Gasteiger partial charge in [-0.3, -0.25) is 9.59 Å². The van der Waals surface area contributed by atoms with Crippen LogP contribution in [-0.4, -0.2) is 35.8 Å². The normalized spacial score (nSPS) is 15.8. The van der Waals surface area contributed by atoms with E-state index in [0.29, 0.717) is 37.3 Å². The number of amides is 2. The van der Waals surface area contributed by atoms with E-state index in [2.05, 4.69) is 5.32 Å². The lowest BCUT2D eigenvalue weighted by Crippen LogP contribution is -2.46. The second-order valence-electron chi connectivity index (χ2n) is 6.51. The highest BCUT2D eigenvalue weighted by Gasteiger charge is 2.30. The molecule has 0 atom stereocenters. The molecule has 8 heteroatoms. The molecule has 5 nitrogen and oxygen atoms in total. The molecule has 28 heavy (non-hydrogen) atoms. The molecule has 1 saturated heterocycles. The SMILES string of the molecule is O=C(/C=C/c1ccc(C(F)(F)F)cc1)NC1CCN(C(=O)c2ccco2)CC1. The molecular weight excluding hydrogens is 373 g/mol. The molecule has 1 aliphatic rings. The second kappa shape index (κ2) is 8.33. The molecule has 0 bridgehead atoms. The number of nitrogens with one attached hydrogen (secondary N) is 1. The van der Waals surface area contributed by atoms with Crippen molar-refractivity contribution in [2.24, 2.45) is 0 Å². The maximum atomic E-state index is 12.5. The molecule has 1 aliphatic heterocycles. The summed E-state index contributed by atoms with van der Waals surface area (Å²) in [6.07, 6.45) is 1.06. The molecule has 0 spiro atoms. The Kier molecular flexibility index (Phi) is 5.87. The van der Waals surface area contributed by atoms with Gasteiger partial charge in [0.15, 0.2) is 5.76 Å². The first-order valence-electron chi connectivity index (χ1n) is 8.81. The lowest BCUT2D eigenvalue weighted by atomic mass is 10.0. The first kappa shape index (κ1) is 19.7. The van der Waals surface area contributed by atoms with Gasteiger partial charge in [-0.15, -0.1) is 0 Å². The number of piperidine rings is 1. The zero-order valence-corrected chi connectivity index (χ0v) is 14.9. The number of rotatable bonds is 4. The molecule has 0 saturated carbocycles. The van der Waals surface area contributed by atoms with Crippen LogP contribution in [0.3, 0.4) is 0 Å². The van der Waals surface area contributed by atoms with Crippen molar-refractivity contribution >= 4 is 17.9 Å². The van der Waals surface area contributed by atoms with Crippen molar-refractivity contribution in [1.29, 1.82) is 0 Å². The minimum Gasteiger partial charge on any atom is -0.459 e. The van der Waals surface area contributed by atoms with E-state index in [1.54, 1.807) is 17.0 Å². The van der Waals surface area contributed by atoms with E-state index < -0.39 is 11.7 Å². The van der Waals surface area contributed by atoms with Gasteiger partial charge in [-0.05, 0) is 48.7 Å². The van der Waals surface area contributed by atoms with Crippen molar-refractivity contribution in [3.63, 3.8) is 0 Å². The number of furan rings is 1. The molecule has 1 fully saturated rings. The van der Waals surface area contributed by atoms with Crippen LogP contribution in [0.4, 0.5) is 13.2 Å². The minimum atomic E-state index is -4.38. The molecule has 2 aromatic rings. The van der Waals surface area contributed by atoms with E-state index in [4.69, 9.17) is 4.42 Å². The van der Waals surface area contributed by atoms with Crippen LogP contribution in [0.25, 0.3) is 6.08 Å². The summed E-state index contributed by atoms with van der Waals surface area (Å²) in [5, 5.41) is 2.85. The summed E-state index contributed by atoms with van der Waals surface area (Å²) in [6, 6.07) is 7.78. The first-order chi connectivity index (χ1) is 13.3. The minimum absolute atomic E-state index is 0.0644. The van der Waals surface area contributed by atoms with Crippen molar-refractivity contribution in [3.05, 3.63) is 65.6 Å². The Morgan fingerprint density at radius 1 is 1.11 bits per heavy atom. The van der Waals surface area contributed by atoms with Crippen molar-refractivity contribution in [2.45, 2.75) is 25.1 Å². The standard InChI is InChI=1S/C20H19F3N2O3/c21-20(22,23)15-6-3-14(4-7-15)5-8-18(26)24-16-9-11-25(12-10-16)19(27)17-2-1-13-28-17/h1-8,13,16H,9-12H2,(H,24,26)/b8-5+. The third-order valence-electron chi connectivity index (χ3n) is 4.53. The smallest absolute Gasteiger partial charge is 0.416 e.